The van der Waals surface area contributed by atoms with Gasteiger partial charge in [0.2, 0.25) is 11.8 Å². The number of hydrogen-bond acceptors (Lipinski definition) is 5. The van der Waals surface area contributed by atoms with E-state index in [0.717, 1.165) is 26.6 Å². The number of halogens is 1. The molecule has 0 saturated carbocycles. The average Bonchev–Trinajstić information content (AvgIpc) is 3.02. The molecule has 4 aromatic rings. The normalized spacial score (nSPS) is 12.2. The third-order valence-corrected chi connectivity index (χ3v) is 10.1. The summed E-state index contributed by atoms with van der Waals surface area (Å²) in [6.07, 6.45) is 0.239. The lowest BCUT2D eigenvalue weighted by molar-refractivity contribution is -0.140. The van der Waals surface area contributed by atoms with Gasteiger partial charge in [0.1, 0.15) is 18.3 Å². The predicted molar refractivity (Wildman–Crippen MR) is 190 cm³/mol. The second kappa shape index (κ2) is 15.2. The van der Waals surface area contributed by atoms with Crippen molar-refractivity contribution in [3.63, 3.8) is 0 Å². The Morgan fingerprint density at radius 3 is 2.13 bits per heavy atom. The summed E-state index contributed by atoms with van der Waals surface area (Å²) in [6.45, 7) is 9.08. The minimum absolute atomic E-state index is 0.0182. The molecule has 0 radical (unpaired) electrons. The van der Waals surface area contributed by atoms with Gasteiger partial charge in [0.05, 0.1) is 22.2 Å². The molecule has 0 aromatic heterocycles. The molecule has 0 fully saturated rings. The second-order valence-electron chi connectivity index (χ2n) is 12.5. The molecule has 47 heavy (non-hydrogen) atoms. The van der Waals surface area contributed by atoms with Crippen molar-refractivity contribution < 1.29 is 22.7 Å². The molecule has 0 aliphatic heterocycles. The Hall–Kier alpha value is -4.15. The van der Waals surface area contributed by atoms with E-state index in [-0.39, 0.29) is 23.8 Å². The van der Waals surface area contributed by atoms with Crippen molar-refractivity contribution >= 4 is 43.5 Å². The van der Waals surface area contributed by atoms with Crippen LogP contribution in [0.3, 0.4) is 0 Å². The quantitative estimate of drug-likeness (QED) is 0.173. The number of anilines is 1. The average molecular weight is 721 g/mol. The lowest BCUT2D eigenvalue weighted by Crippen LogP contribution is -2.56. The number of nitrogens with one attached hydrogen (secondary N) is 1. The highest BCUT2D eigenvalue weighted by Crippen LogP contribution is 2.31. The highest BCUT2D eigenvalue weighted by molar-refractivity contribution is 9.10. The van der Waals surface area contributed by atoms with Gasteiger partial charge in [-0.3, -0.25) is 13.9 Å². The maximum Gasteiger partial charge on any atom is 0.264 e. The third kappa shape index (κ3) is 9.23. The van der Waals surface area contributed by atoms with Gasteiger partial charge in [-0.25, -0.2) is 8.42 Å². The van der Waals surface area contributed by atoms with E-state index >= 15 is 0 Å². The standard InChI is InChI=1S/C37H42BrN3O5S/c1-26-16-18-30(19-17-26)41(47(44,45)31-20-21-34(46-6)32(38)23-31)25-35(42)40(24-29-15-11-10-12-27(29)2)33(36(43)39-37(3,4)5)22-28-13-8-7-9-14-28/h7-21,23,33H,22,24-25H2,1-6H3,(H,39,43). The fourth-order valence-electron chi connectivity index (χ4n) is 5.15. The Morgan fingerprint density at radius 2 is 1.53 bits per heavy atom. The first-order valence-corrected chi connectivity index (χ1v) is 17.6. The van der Waals surface area contributed by atoms with Crippen molar-refractivity contribution in [2.45, 2.75) is 64.1 Å². The van der Waals surface area contributed by atoms with Crippen LogP contribution in [-0.2, 0) is 32.6 Å². The molecule has 0 heterocycles. The summed E-state index contributed by atoms with van der Waals surface area (Å²) >= 11 is 3.40. The lowest BCUT2D eigenvalue weighted by Gasteiger charge is -2.35. The maximum atomic E-state index is 14.7. The summed E-state index contributed by atoms with van der Waals surface area (Å²) < 4.78 is 35.5. The van der Waals surface area contributed by atoms with E-state index in [2.05, 4.69) is 21.2 Å². The molecule has 1 N–H and O–H groups in total. The van der Waals surface area contributed by atoms with Gasteiger partial charge in [0.15, 0.2) is 0 Å². The van der Waals surface area contributed by atoms with E-state index in [4.69, 9.17) is 4.74 Å². The lowest BCUT2D eigenvalue weighted by atomic mass is 10.00. The van der Waals surface area contributed by atoms with Crippen LogP contribution in [0, 0.1) is 13.8 Å². The molecule has 0 spiro atoms. The van der Waals surface area contributed by atoms with Crippen molar-refractivity contribution in [3.05, 3.63) is 124 Å². The number of amides is 2. The Morgan fingerprint density at radius 1 is 0.894 bits per heavy atom. The van der Waals surface area contributed by atoms with Gasteiger partial charge >= 0.3 is 0 Å². The topological polar surface area (TPSA) is 96.0 Å². The Balaban J connectivity index is 1.84. The zero-order valence-electron chi connectivity index (χ0n) is 27.7. The van der Waals surface area contributed by atoms with Gasteiger partial charge in [-0.05, 0) is 97.6 Å². The predicted octanol–water partition coefficient (Wildman–Crippen LogP) is 6.82. The van der Waals surface area contributed by atoms with Crippen LogP contribution < -0.4 is 14.4 Å². The second-order valence-corrected chi connectivity index (χ2v) is 15.3. The summed E-state index contributed by atoms with van der Waals surface area (Å²) in [5, 5.41) is 3.06. The largest absolute Gasteiger partial charge is 0.496 e. The monoisotopic (exact) mass is 719 g/mol. The van der Waals surface area contributed by atoms with Crippen molar-refractivity contribution in [1.29, 1.82) is 0 Å². The van der Waals surface area contributed by atoms with Crippen LogP contribution in [-0.4, -0.2) is 50.4 Å². The molecule has 1 atom stereocenters. The van der Waals surface area contributed by atoms with Crippen molar-refractivity contribution in [2.75, 3.05) is 18.0 Å². The molecular weight excluding hydrogens is 678 g/mol. The Bertz CT molecular complexity index is 1810. The molecule has 8 nitrogen and oxygen atoms in total. The molecule has 10 heteroatoms. The minimum atomic E-state index is -4.26. The van der Waals surface area contributed by atoms with E-state index in [0.29, 0.717) is 15.9 Å². The van der Waals surface area contributed by atoms with Crippen LogP contribution in [0.2, 0.25) is 0 Å². The van der Waals surface area contributed by atoms with Crippen LogP contribution in [0.1, 0.15) is 43.0 Å². The summed E-state index contributed by atoms with van der Waals surface area (Å²) in [5.41, 5.74) is 3.37. The van der Waals surface area contributed by atoms with Crippen LogP contribution in [0.4, 0.5) is 5.69 Å². The number of hydrogen-bond donors (Lipinski definition) is 1. The van der Waals surface area contributed by atoms with E-state index in [1.54, 1.807) is 30.3 Å². The SMILES string of the molecule is COc1ccc(S(=O)(=O)N(CC(=O)N(Cc2ccccc2C)C(Cc2ccccc2)C(=O)NC(C)(C)C)c2ccc(C)cc2)cc1Br. The fourth-order valence-corrected chi connectivity index (χ4v) is 7.29. The molecule has 0 aliphatic rings. The van der Waals surface area contributed by atoms with Crippen molar-refractivity contribution in [1.82, 2.24) is 10.2 Å². The first-order valence-electron chi connectivity index (χ1n) is 15.3. The van der Waals surface area contributed by atoms with Crippen LogP contribution >= 0.6 is 15.9 Å². The van der Waals surface area contributed by atoms with Gasteiger partial charge in [0.25, 0.3) is 10.0 Å². The van der Waals surface area contributed by atoms with E-state index in [1.165, 1.54) is 24.1 Å². The third-order valence-electron chi connectivity index (χ3n) is 7.68. The molecule has 1 unspecified atom stereocenters. The number of ether oxygens (including phenoxy) is 1. The molecule has 248 valence electrons. The number of benzene rings is 4. The summed E-state index contributed by atoms with van der Waals surface area (Å²) in [5.74, 6) is -0.373. The number of carbonyl (C=O) groups excluding carboxylic acids is 2. The number of rotatable bonds is 12. The van der Waals surface area contributed by atoms with Crippen LogP contribution in [0.5, 0.6) is 5.75 Å². The van der Waals surface area contributed by atoms with E-state index in [1.807, 2.05) is 89.2 Å². The van der Waals surface area contributed by atoms with Crippen molar-refractivity contribution in [2.24, 2.45) is 0 Å². The molecule has 0 bridgehead atoms. The molecule has 4 rings (SSSR count). The first kappa shape index (κ1) is 35.7. The minimum Gasteiger partial charge on any atom is -0.496 e. The highest BCUT2D eigenvalue weighted by atomic mass is 79.9. The van der Waals surface area contributed by atoms with Gasteiger partial charge in [-0.15, -0.1) is 0 Å². The molecule has 2 amide bonds. The van der Waals surface area contributed by atoms with E-state index < -0.39 is 34.1 Å². The van der Waals surface area contributed by atoms with Gasteiger partial charge in [0, 0.05) is 18.5 Å². The number of methoxy groups -OCH3 is 1. The summed E-state index contributed by atoms with van der Waals surface area (Å²) in [6, 6.07) is 27.7. The van der Waals surface area contributed by atoms with E-state index in [9.17, 15) is 18.0 Å². The molecular formula is C37H42BrN3O5S. The highest BCUT2D eigenvalue weighted by Gasteiger charge is 2.36. The van der Waals surface area contributed by atoms with Crippen LogP contribution in [0.15, 0.2) is 106 Å². The molecule has 4 aromatic carbocycles. The zero-order valence-corrected chi connectivity index (χ0v) is 30.1. The number of carbonyl (C=O) groups is 2. The van der Waals surface area contributed by atoms with Crippen molar-refractivity contribution in [3.8, 4) is 5.75 Å². The maximum absolute atomic E-state index is 14.7. The van der Waals surface area contributed by atoms with Gasteiger partial charge < -0.3 is 15.0 Å². The Kier molecular flexibility index (Phi) is 11.5. The fraction of sp³-hybridized carbons (Fsp3) is 0.297. The smallest absolute Gasteiger partial charge is 0.264 e. The number of sulfonamides is 1. The number of aryl methyl sites for hydroxylation is 2. The summed E-state index contributed by atoms with van der Waals surface area (Å²) in [4.78, 5) is 30.2. The number of nitrogens with zero attached hydrogens (tertiary/aromatic N) is 2. The molecule has 0 aliphatic carbocycles. The van der Waals surface area contributed by atoms with Crippen LogP contribution in [0.25, 0.3) is 0 Å². The van der Waals surface area contributed by atoms with Gasteiger partial charge in [-0.2, -0.15) is 0 Å². The Labute approximate surface area is 286 Å². The zero-order chi connectivity index (χ0) is 34.4. The molecule has 0 saturated heterocycles. The summed E-state index contributed by atoms with van der Waals surface area (Å²) in [7, 11) is -2.76. The van der Waals surface area contributed by atoms with Gasteiger partial charge in [-0.1, -0.05) is 72.3 Å². The first-order chi connectivity index (χ1) is 22.2.